The average Bonchev–Trinajstić information content (AvgIpc) is 2.94. The van der Waals surface area contributed by atoms with Crippen molar-refractivity contribution in [3.63, 3.8) is 0 Å². The van der Waals surface area contributed by atoms with Crippen LogP contribution in [0.1, 0.15) is 28.4 Å². The molecule has 2 N–H and O–H groups in total. The van der Waals surface area contributed by atoms with E-state index in [4.69, 9.17) is 16.6 Å². The van der Waals surface area contributed by atoms with Gasteiger partial charge in [0, 0.05) is 70.1 Å². The van der Waals surface area contributed by atoms with Crippen molar-refractivity contribution in [2.45, 2.75) is 12.9 Å². The van der Waals surface area contributed by atoms with E-state index in [0.29, 0.717) is 0 Å². The highest BCUT2D eigenvalue weighted by molar-refractivity contribution is 6.45. The molecule has 8 heteroatoms. The molecule has 2 aromatic rings. The quantitative estimate of drug-likeness (QED) is 0.696. The van der Waals surface area contributed by atoms with Crippen LogP contribution in [0.4, 0.5) is 0 Å². The van der Waals surface area contributed by atoms with E-state index in [2.05, 4.69) is 44.2 Å². The van der Waals surface area contributed by atoms with Crippen LogP contribution < -0.4 is 5.32 Å². The van der Waals surface area contributed by atoms with E-state index in [1.807, 2.05) is 25.2 Å². The molecule has 32 heavy (non-hydrogen) atoms. The maximum absolute atomic E-state index is 10.0. The van der Waals surface area contributed by atoms with Crippen LogP contribution in [-0.2, 0) is 0 Å². The van der Waals surface area contributed by atoms with E-state index < -0.39 is 7.05 Å². The first-order valence-corrected chi connectivity index (χ1v) is 12.0. The van der Waals surface area contributed by atoms with Gasteiger partial charge in [0.2, 0.25) is 0 Å². The van der Waals surface area contributed by atoms with Gasteiger partial charge in [0.05, 0.1) is 11.7 Å². The standard InChI is InChI=1S/C24H31BClN5O/c1-25(32)31-13-11-30(12-14-31)24-21-5-4-20(26)16-22(21)19(17-29-9-7-27-8-10-29)15-18-3-2-6-28-23(18)24/h2-6,15-16,24,27,32H,7-14,17H2,1H3. The molecule has 1 aromatic heterocycles. The van der Waals surface area contributed by atoms with Crippen molar-refractivity contribution in [3.05, 3.63) is 63.9 Å². The summed E-state index contributed by atoms with van der Waals surface area (Å²) in [6.07, 6.45) is 4.23. The van der Waals surface area contributed by atoms with Gasteiger partial charge in [-0.15, -0.1) is 0 Å². The van der Waals surface area contributed by atoms with E-state index in [1.54, 1.807) is 0 Å². The first kappa shape index (κ1) is 22.1. The fraction of sp³-hybridized carbons (Fsp3) is 0.458. The molecule has 1 aromatic carbocycles. The van der Waals surface area contributed by atoms with Crippen LogP contribution in [0.5, 0.6) is 0 Å². The normalized spacial score (nSPS) is 22.6. The van der Waals surface area contributed by atoms with Crippen molar-refractivity contribution in [1.29, 1.82) is 0 Å². The number of rotatable bonds is 4. The Kier molecular flexibility index (Phi) is 6.65. The Morgan fingerprint density at radius 1 is 1.12 bits per heavy atom. The lowest BCUT2D eigenvalue weighted by Crippen LogP contribution is -2.52. The third-order valence-electron chi connectivity index (χ3n) is 6.96. The zero-order chi connectivity index (χ0) is 22.1. The van der Waals surface area contributed by atoms with Crippen molar-refractivity contribution in [2.24, 2.45) is 0 Å². The lowest BCUT2D eigenvalue weighted by atomic mass is 9.84. The molecule has 168 valence electrons. The Morgan fingerprint density at radius 2 is 1.91 bits per heavy atom. The molecular formula is C24H31BClN5O. The van der Waals surface area contributed by atoms with Crippen LogP contribution >= 0.6 is 11.6 Å². The van der Waals surface area contributed by atoms with Gasteiger partial charge in [-0.3, -0.25) is 14.8 Å². The summed E-state index contributed by atoms with van der Waals surface area (Å²) in [7, 11) is -0.407. The summed E-state index contributed by atoms with van der Waals surface area (Å²) in [6, 6.07) is 10.6. The summed E-state index contributed by atoms with van der Waals surface area (Å²) in [6.45, 7) is 10.4. The van der Waals surface area contributed by atoms with Gasteiger partial charge in [0.25, 0.3) is 0 Å². The van der Waals surface area contributed by atoms with Gasteiger partial charge in [-0.25, -0.2) is 0 Å². The van der Waals surface area contributed by atoms with Crippen molar-refractivity contribution in [3.8, 4) is 0 Å². The van der Waals surface area contributed by atoms with Gasteiger partial charge in [-0.05, 0) is 53.4 Å². The number of halogens is 1. The van der Waals surface area contributed by atoms with Crippen LogP contribution in [-0.4, -0.2) is 90.6 Å². The molecular weight excluding hydrogens is 421 g/mol. The summed E-state index contributed by atoms with van der Waals surface area (Å²) in [4.78, 5) is 12.0. The van der Waals surface area contributed by atoms with Crippen LogP contribution in [0.3, 0.4) is 0 Å². The van der Waals surface area contributed by atoms with Gasteiger partial charge >= 0.3 is 7.05 Å². The molecule has 0 spiro atoms. The summed E-state index contributed by atoms with van der Waals surface area (Å²) in [5.41, 5.74) is 6.12. The van der Waals surface area contributed by atoms with E-state index in [-0.39, 0.29) is 6.04 Å². The molecule has 5 rings (SSSR count). The summed E-state index contributed by atoms with van der Waals surface area (Å²) < 4.78 is 0. The molecule has 0 bridgehead atoms. The van der Waals surface area contributed by atoms with Gasteiger partial charge in [0.15, 0.2) is 0 Å². The van der Waals surface area contributed by atoms with Crippen LogP contribution in [0.15, 0.2) is 36.5 Å². The topological polar surface area (TPSA) is 54.9 Å². The first-order chi connectivity index (χ1) is 15.6. The fourth-order valence-electron chi connectivity index (χ4n) is 5.22. The fourth-order valence-corrected chi connectivity index (χ4v) is 5.39. The van der Waals surface area contributed by atoms with Gasteiger partial charge in [0.1, 0.15) is 0 Å². The second-order valence-corrected chi connectivity index (χ2v) is 9.45. The summed E-state index contributed by atoms with van der Waals surface area (Å²) >= 11 is 6.52. The number of aromatic nitrogens is 1. The molecule has 0 amide bonds. The van der Waals surface area contributed by atoms with Crippen molar-refractivity contribution >= 4 is 30.3 Å². The largest absolute Gasteiger partial charge is 0.437 e. The van der Waals surface area contributed by atoms with E-state index in [0.717, 1.165) is 69.6 Å². The minimum absolute atomic E-state index is 0.0754. The lowest BCUT2D eigenvalue weighted by molar-refractivity contribution is 0.144. The molecule has 0 radical (unpaired) electrons. The third kappa shape index (κ3) is 4.51. The highest BCUT2D eigenvalue weighted by Gasteiger charge is 2.34. The zero-order valence-corrected chi connectivity index (χ0v) is 19.4. The maximum Gasteiger partial charge on any atom is 0.376 e. The highest BCUT2D eigenvalue weighted by Crippen LogP contribution is 2.40. The number of nitrogens with one attached hydrogen (secondary N) is 1. The SMILES string of the molecule is CB(O)N1CCN(C2c3ccc(Cl)cc3C(CN3CCNCC3)=Cc3cccnc32)CC1. The zero-order valence-electron chi connectivity index (χ0n) is 18.7. The molecule has 3 aliphatic rings. The Bertz CT molecular complexity index is 986. The summed E-state index contributed by atoms with van der Waals surface area (Å²) in [5, 5.41) is 14.2. The van der Waals surface area contributed by atoms with Gasteiger partial charge < -0.3 is 15.2 Å². The second kappa shape index (κ2) is 9.63. The molecule has 1 atom stereocenters. The van der Waals surface area contributed by atoms with Crippen molar-refractivity contribution in [2.75, 3.05) is 58.9 Å². The predicted molar refractivity (Wildman–Crippen MR) is 132 cm³/mol. The van der Waals surface area contributed by atoms with Gasteiger partial charge in [-0.1, -0.05) is 23.7 Å². The number of nitrogens with zero attached hydrogens (tertiary/aromatic N) is 4. The molecule has 0 saturated carbocycles. The third-order valence-corrected chi connectivity index (χ3v) is 7.20. The van der Waals surface area contributed by atoms with Crippen molar-refractivity contribution in [1.82, 2.24) is 24.9 Å². The van der Waals surface area contributed by atoms with E-state index >= 15 is 0 Å². The Hall–Kier alpha value is -1.74. The highest BCUT2D eigenvalue weighted by atomic mass is 35.5. The number of piperazine rings is 2. The van der Waals surface area contributed by atoms with Crippen LogP contribution in [0.2, 0.25) is 11.8 Å². The Balaban J connectivity index is 1.55. The number of hydrogen-bond acceptors (Lipinski definition) is 6. The molecule has 2 aliphatic heterocycles. The Morgan fingerprint density at radius 3 is 2.66 bits per heavy atom. The minimum atomic E-state index is -0.407. The molecule has 2 saturated heterocycles. The molecule has 1 aliphatic carbocycles. The smallest absolute Gasteiger partial charge is 0.376 e. The molecule has 6 nitrogen and oxygen atoms in total. The lowest BCUT2D eigenvalue weighted by Gasteiger charge is -2.40. The second-order valence-electron chi connectivity index (χ2n) is 9.01. The molecule has 2 fully saturated rings. The average molecular weight is 452 g/mol. The number of fused-ring (bicyclic) bond motifs is 2. The Labute approximate surface area is 196 Å². The number of hydrogen-bond donors (Lipinski definition) is 2. The number of pyridine rings is 1. The van der Waals surface area contributed by atoms with Gasteiger partial charge in [-0.2, -0.15) is 0 Å². The maximum atomic E-state index is 10.0. The van der Waals surface area contributed by atoms with E-state index in [9.17, 15) is 5.02 Å². The number of benzene rings is 1. The predicted octanol–water partition coefficient (Wildman–Crippen LogP) is 2.31. The first-order valence-electron chi connectivity index (χ1n) is 11.6. The monoisotopic (exact) mass is 451 g/mol. The minimum Gasteiger partial charge on any atom is -0.437 e. The molecule has 3 heterocycles. The van der Waals surface area contributed by atoms with Crippen LogP contribution in [0, 0.1) is 0 Å². The van der Waals surface area contributed by atoms with E-state index in [1.165, 1.54) is 22.3 Å². The summed E-state index contributed by atoms with van der Waals surface area (Å²) in [5.74, 6) is 0. The van der Waals surface area contributed by atoms with Crippen LogP contribution in [0.25, 0.3) is 11.6 Å². The molecule has 1 unspecified atom stereocenters. The van der Waals surface area contributed by atoms with Crippen molar-refractivity contribution < 1.29 is 5.02 Å².